The number of fused-ring (bicyclic) bond motifs is 1. The van der Waals surface area contributed by atoms with Gasteiger partial charge in [0.15, 0.2) is 0 Å². The molecule has 3 rings (SSSR count). The summed E-state index contributed by atoms with van der Waals surface area (Å²) >= 11 is 0. The molecule has 0 radical (unpaired) electrons. The van der Waals surface area contributed by atoms with Gasteiger partial charge in [-0.2, -0.15) is 0 Å². The van der Waals surface area contributed by atoms with Crippen molar-refractivity contribution in [2.75, 3.05) is 0 Å². The van der Waals surface area contributed by atoms with E-state index in [-0.39, 0.29) is 5.76 Å². The van der Waals surface area contributed by atoms with Crippen LogP contribution in [0.3, 0.4) is 0 Å². The molecule has 0 saturated carbocycles. The largest absolute Gasteiger partial charge is 0.511 e. The Kier molecular flexibility index (Phi) is 5.61. The van der Waals surface area contributed by atoms with Crippen LogP contribution in [0.5, 0.6) is 0 Å². The van der Waals surface area contributed by atoms with Gasteiger partial charge in [0, 0.05) is 17.1 Å². The van der Waals surface area contributed by atoms with E-state index in [2.05, 4.69) is 35.8 Å². The van der Waals surface area contributed by atoms with Crippen LogP contribution in [-0.4, -0.2) is 16.1 Å². The van der Waals surface area contributed by atoms with Gasteiger partial charge in [0.05, 0.1) is 11.6 Å². The molecule has 4 N–H and O–H groups in total. The normalized spacial score (nSPS) is 11.6. The monoisotopic (exact) mass is 308 g/mol. The minimum absolute atomic E-state index is 0.0172. The van der Waals surface area contributed by atoms with Crippen LogP contribution >= 0.6 is 0 Å². The number of aliphatic hydroxyl groups excluding tert-OH is 1. The van der Waals surface area contributed by atoms with E-state index in [0.29, 0.717) is 6.42 Å². The van der Waals surface area contributed by atoms with Gasteiger partial charge in [0.1, 0.15) is 5.76 Å². The van der Waals surface area contributed by atoms with E-state index in [0.717, 1.165) is 22.0 Å². The summed E-state index contributed by atoms with van der Waals surface area (Å²) in [6.45, 7) is 7.50. The highest BCUT2D eigenvalue weighted by Crippen LogP contribution is 2.30. The van der Waals surface area contributed by atoms with Crippen LogP contribution in [0.1, 0.15) is 19.4 Å². The second-order valence-electron chi connectivity index (χ2n) is 5.21. The standard InChI is InChI=1S/C18H18N2O.C2H6/c1-12(21)17(19)10-14-11-20-18-15(8-5-9-16(14)18)13-6-3-2-4-7-13;1-2/h2-9,11,17,20-21H,1,10,19H2;1-2H3. The van der Waals surface area contributed by atoms with E-state index in [9.17, 15) is 5.11 Å². The molecule has 0 amide bonds. The highest BCUT2D eigenvalue weighted by Gasteiger charge is 2.13. The molecule has 0 aliphatic rings. The Hall–Kier alpha value is -2.52. The van der Waals surface area contributed by atoms with Gasteiger partial charge in [-0.15, -0.1) is 0 Å². The number of para-hydroxylation sites is 1. The minimum Gasteiger partial charge on any atom is -0.511 e. The molecule has 0 spiro atoms. The van der Waals surface area contributed by atoms with Crippen molar-refractivity contribution in [2.45, 2.75) is 26.3 Å². The average Bonchev–Trinajstić information content (AvgIpc) is 3.00. The van der Waals surface area contributed by atoms with Gasteiger partial charge in [0.25, 0.3) is 0 Å². The fraction of sp³-hybridized carbons (Fsp3) is 0.200. The first-order chi connectivity index (χ1) is 11.2. The molecule has 3 heteroatoms. The van der Waals surface area contributed by atoms with Crippen molar-refractivity contribution < 1.29 is 5.11 Å². The zero-order chi connectivity index (χ0) is 16.8. The van der Waals surface area contributed by atoms with Gasteiger partial charge in [-0.25, -0.2) is 0 Å². The molecule has 1 unspecified atom stereocenters. The third-order valence-corrected chi connectivity index (χ3v) is 3.75. The van der Waals surface area contributed by atoms with Crippen molar-refractivity contribution in [1.29, 1.82) is 0 Å². The first-order valence-corrected chi connectivity index (χ1v) is 7.94. The number of aromatic amines is 1. The lowest BCUT2D eigenvalue weighted by atomic mass is 9.99. The van der Waals surface area contributed by atoms with E-state index in [1.54, 1.807) is 0 Å². The fourth-order valence-corrected chi connectivity index (χ4v) is 2.59. The summed E-state index contributed by atoms with van der Waals surface area (Å²) in [4.78, 5) is 3.33. The predicted molar refractivity (Wildman–Crippen MR) is 98.5 cm³/mol. The Morgan fingerprint density at radius 3 is 2.48 bits per heavy atom. The quantitative estimate of drug-likeness (QED) is 0.606. The van der Waals surface area contributed by atoms with Gasteiger partial charge in [-0.1, -0.05) is 69.0 Å². The number of H-pyrrole nitrogens is 1. The van der Waals surface area contributed by atoms with Gasteiger partial charge >= 0.3 is 0 Å². The summed E-state index contributed by atoms with van der Waals surface area (Å²) in [6.07, 6.45) is 2.52. The Labute approximate surface area is 137 Å². The third kappa shape index (κ3) is 3.63. The van der Waals surface area contributed by atoms with Crippen molar-refractivity contribution in [3.63, 3.8) is 0 Å². The van der Waals surface area contributed by atoms with Crippen molar-refractivity contribution >= 4 is 10.9 Å². The van der Waals surface area contributed by atoms with Crippen molar-refractivity contribution in [3.05, 3.63) is 72.6 Å². The molecule has 0 fully saturated rings. The highest BCUT2D eigenvalue weighted by molar-refractivity contribution is 5.96. The van der Waals surface area contributed by atoms with Crippen LogP contribution in [0.15, 0.2) is 67.1 Å². The second kappa shape index (κ2) is 7.65. The Morgan fingerprint density at radius 2 is 1.83 bits per heavy atom. The molecular weight excluding hydrogens is 284 g/mol. The predicted octanol–water partition coefficient (Wildman–Crippen LogP) is 4.80. The molecule has 120 valence electrons. The lowest BCUT2D eigenvalue weighted by Crippen LogP contribution is -2.24. The molecule has 1 atom stereocenters. The molecule has 0 aliphatic carbocycles. The molecule has 2 aromatic carbocycles. The Morgan fingerprint density at radius 1 is 1.13 bits per heavy atom. The van der Waals surface area contributed by atoms with Crippen LogP contribution in [0.2, 0.25) is 0 Å². The molecule has 23 heavy (non-hydrogen) atoms. The average molecular weight is 308 g/mol. The molecular formula is C20H24N2O. The van der Waals surface area contributed by atoms with Crippen LogP contribution in [0.4, 0.5) is 0 Å². The van der Waals surface area contributed by atoms with Gasteiger partial charge in [0.2, 0.25) is 0 Å². The van der Waals surface area contributed by atoms with E-state index >= 15 is 0 Å². The summed E-state index contributed by atoms with van der Waals surface area (Å²) in [5.41, 5.74) is 10.4. The van der Waals surface area contributed by atoms with Gasteiger partial charge in [-0.05, 0) is 17.5 Å². The molecule has 3 aromatic rings. The number of hydrogen-bond acceptors (Lipinski definition) is 2. The maximum absolute atomic E-state index is 9.39. The molecule has 0 saturated heterocycles. The number of hydrogen-bond donors (Lipinski definition) is 3. The third-order valence-electron chi connectivity index (χ3n) is 3.75. The Bertz CT molecular complexity index is 775. The molecule has 1 heterocycles. The number of aromatic nitrogens is 1. The SMILES string of the molecule is C=C(O)C(N)Cc1c[nH]c2c(-c3ccccc3)cccc12.CC. The minimum atomic E-state index is -0.440. The van der Waals surface area contributed by atoms with Crippen LogP contribution in [0.25, 0.3) is 22.0 Å². The first-order valence-electron chi connectivity index (χ1n) is 7.94. The lowest BCUT2D eigenvalue weighted by Gasteiger charge is -2.09. The topological polar surface area (TPSA) is 62.0 Å². The highest BCUT2D eigenvalue weighted by atomic mass is 16.3. The number of benzene rings is 2. The van der Waals surface area contributed by atoms with Gasteiger partial charge in [-0.3, -0.25) is 0 Å². The van der Waals surface area contributed by atoms with Crippen molar-refractivity contribution in [3.8, 4) is 11.1 Å². The summed E-state index contributed by atoms with van der Waals surface area (Å²) < 4.78 is 0. The van der Waals surface area contributed by atoms with E-state index < -0.39 is 6.04 Å². The fourth-order valence-electron chi connectivity index (χ4n) is 2.59. The first kappa shape index (κ1) is 16.8. The van der Waals surface area contributed by atoms with Gasteiger partial charge < -0.3 is 15.8 Å². The Balaban J connectivity index is 0.000000924. The number of nitrogens with one attached hydrogen (secondary N) is 1. The summed E-state index contributed by atoms with van der Waals surface area (Å²) in [6, 6.07) is 16.0. The zero-order valence-electron chi connectivity index (χ0n) is 13.7. The van der Waals surface area contributed by atoms with Crippen molar-refractivity contribution in [1.82, 2.24) is 4.98 Å². The zero-order valence-corrected chi connectivity index (χ0v) is 13.7. The second-order valence-corrected chi connectivity index (χ2v) is 5.21. The number of nitrogens with two attached hydrogens (primary N) is 1. The maximum atomic E-state index is 9.39. The van der Waals surface area contributed by atoms with Crippen molar-refractivity contribution in [2.24, 2.45) is 5.73 Å². The summed E-state index contributed by atoms with van der Waals surface area (Å²) in [7, 11) is 0. The molecule has 0 bridgehead atoms. The molecule has 1 aromatic heterocycles. The maximum Gasteiger partial charge on any atom is 0.102 e. The van der Waals surface area contributed by atoms with Crippen LogP contribution < -0.4 is 5.73 Å². The molecule has 3 nitrogen and oxygen atoms in total. The summed E-state index contributed by atoms with van der Waals surface area (Å²) in [5, 5.41) is 10.5. The van der Waals surface area contributed by atoms with E-state index in [4.69, 9.17) is 5.73 Å². The number of rotatable bonds is 4. The smallest absolute Gasteiger partial charge is 0.102 e. The number of aliphatic hydroxyl groups is 1. The van der Waals surface area contributed by atoms with Crippen LogP contribution in [0, 0.1) is 0 Å². The molecule has 0 aliphatic heterocycles. The van der Waals surface area contributed by atoms with E-state index in [1.165, 1.54) is 5.56 Å². The van der Waals surface area contributed by atoms with Crippen LogP contribution in [-0.2, 0) is 6.42 Å². The summed E-state index contributed by atoms with van der Waals surface area (Å²) in [5.74, 6) is 0.0172. The lowest BCUT2D eigenvalue weighted by molar-refractivity contribution is 0.369. The van der Waals surface area contributed by atoms with E-state index in [1.807, 2.05) is 44.3 Å².